The molecule has 0 bridgehead atoms. The molecule has 18 heavy (non-hydrogen) atoms. The van der Waals surface area contributed by atoms with Gasteiger partial charge in [-0.1, -0.05) is 19.1 Å². The van der Waals surface area contributed by atoms with Crippen molar-refractivity contribution in [3.63, 3.8) is 0 Å². The van der Waals surface area contributed by atoms with E-state index in [1.165, 1.54) is 27.7 Å². The van der Waals surface area contributed by atoms with Crippen LogP contribution in [0.25, 0.3) is 22.0 Å². The summed E-state index contributed by atoms with van der Waals surface area (Å²) < 4.78 is 4.11. The van der Waals surface area contributed by atoms with Crippen molar-refractivity contribution in [3.05, 3.63) is 42.4 Å². The van der Waals surface area contributed by atoms with Gasteiger partial charge in [-0.2, -0.15) is 5.10 Å². The van der Waals surface area contributed by atoms with Gasteiger partial charge >= 0.3 is 0 Å². The highest BCUT2D eigenvalue weighted by atomic mass is 15.2. The second-order valence-corrected chi connectivity index (χ2v) is 4.72. The van der Waals surface area contributed by atoms with Crippen LogP contribution in [0.4, 0.5) is 0 Å². The molecule has 3 nitrogen and oxygen atoms in total. The van der Waals surface area contributed by atoms with E-state index in [9.17, 15) is 0 Å². The molecule has 0 unspecified atom stereocenters. The third kappa shape index (κ3) is 1.63. The summed E-state index contributed by atoms with van der Waals surface area (Å²) in [5.41, 5.74) is 5.04. The third-order valence-electron chi connectivity index (χ3n) is 3.55. The Morgan fingerprint density at radius 1 is 1.11 bits per heavy atom. The first-order valence-electron chi connectivity index (χ1n) is 6.26. The molecule has 3 heteroatoms. The van der Waals surface area contributed by atoms with E-state index in [0.29, 0.717) is 0 Å². The topological polar surface area (TPSA) is 22.8 Å². The molecule has 0 amide bonds. The lowest BCUT2D eigenvalue weighted by atomic mass is 10.1. The van der Waals surface area contributed by atoms with Crippen molar-refractivity contribution >= 4 is 10.9 Å². The molecule has 0 atom stereocenters. The van der Waals surface area contributed by atoms with Crippen LogP contribution in [-0.4, -0.2) is 14.3 Å². The fraction of sp³-hybridized carbons (Fsp3) is 0.267. The number of fused-ring (bicyclic) bond motifs is 1. The quantitative estimate of drug-likeness (QED) is 0.673. The van der Waals surface area contributed by atoms with Crippen molar-refractivity contribution in [3.8, 4) is 11.1 Å². The molecule has 0 fully saturated rings. The maximum Gasteiger partial charge on any atom is 0.0568 e. The van der Waals surface area contributed by atoms with E-state index in [0.717, 1.165) is 6.42 Å². The lowest BCUT2D eigenvalue weighted by Gasteiger charge is -2.02. The number of hydrogen-bond acceptors (Lipinski definition) is 1. The van der Waals surface area contributed by atoms with Crippen molar-refractivity contribution in [1.29, 1.82) is 0 Å². The molecule has 0 radical (unpaired) electrons. The minimum atomic E-state index is 1.06. The molecule has 0 aliphatic heterocycles. The van der Waals surface area contributed by atoms with E-state index in [1.807, 2.05) is 24.1 Å². The molecule has 0 aliphatic rings. The first kappa shape index (κ1) is 11.1. The molecular weight excluding hydrogens is 222 g/mol. The monoisotopic (exact) mass is 239 g/mol. The lowest BCUT2D eigenvalue weighted by molar-refractivity contribution is 0.768. The maximum absolute atomic E-state index is 4.23. The van der Waals surface area contributed by atoms with Gasteiger partial charge < -0.3 is 4.57 Å². The van der Waals surface area contributed by atoms with Crippen molar-refractivity contribution < 1.29 is 0 Å². The van der Waals surface area contributed by atoms with Gasteiger partial charge in [-0.25, -0.2) is 0 Å². The standard InChI is InChI=1S/C15H17N3/c1-4-14-7-12-6-5-11(8-15(12)18(14)3)13-9-16-17(2)10-13/h5-10H,4H2,1-3H3. The van der Waals surface area contributed by atoms with Gasteiger partial charge in [-0.15, -0.1) is 0 Å². The Hall–Kier alpha value is -2.03. The summed E-state index contributed by atoms with van der Waals surface area (Å²) in [6, 6.07) is 8.86. The van der Waals surface area contributed by atoms with Crippen molar-refractivity contribution in [2.45, 2.75) is 13.3 Å². The van der Waals surface area contributed by atoms with Crippen molar-refractivity contribution in [2.75, 3.05) is 0 Å². The van der Waals surface area contributed by atoms with E-state index in [2.05, 4.69) is 47.9 Å². The molecule has 1 aromatic carbocycles. The van der Waals surface area contributed by atoms with Gasteiger partial charge in [0.15, 0.2) is 0 Å². The smallest absolute Gasteiger partial charge is 0.0568 e. The second-order valence-electron chi connectivity index (χ2n) is 4.72. The highest BCUT2D eigenvalue weighted by molar-refractivity contribution is 5.86. The summed E-state index contributed by atoms with van der Waals surface area (Å²) in [6.45, 7) is 2.19. The van der Waals surface area contributed by atoms with Crippen molar-refractivity contribution in [1.82, 2.24) is 14.3 Å². The maximum atomic E-state index is 4.23. The van der Waals surface area contributed by atoms with Gasteiger partial charge in [0.1, 0.15) is 0 Å². The van der Waals surface area contributed by atoms with E-state index in [-0.39, 0.29) is 0 Å². The molecule has 0 aliphatic carbocycles. The van der Waals surface area contributed by atoms with E-state index < -0.39 is 0 Å². The van der Waals surface area contributed by atoms with Gasteiger partial charge in [-0.3, -0.25) is 4.68 Å². The minimum Gasteiger partial charge on any atom is -0.348 e. The second kappa shape index (κ2) is 4.02. The fourth-order valence-corrected chi connectivity index (χ4v) is 2.48. The Labute approximate surface area is 107 Å². The van der Waals surface area contributed by atoms with Crippen LogP contribution < -0.4 is 0 Å². The Morgan fingerprint density at radius 3 is 2.61 bits per heavy atom. The van der Waals surface area contributed by atoms with Crippen LogP contribution in [0.5, 0.6) is 0 Å². The largest absolute Gasteiger partial charge is 0.348 e. The van der Waals surface area contributed by atoms with Gasteiger partial charge in [0, 0.05) is 37.1 Å². The molecule has 0 N–H and O–H groups in total. The lowest BCUT2D eigenvalue weighted by Crippen LogP contribution is -1.93. The predicted molar refractivity (Wildman–Crippen MR) is 74.5 cm³/mol. The van der Waals surface area contributed by atoms with Gasteiger partial charge in [0.25, 0.3) is 0 Å². The van der Waals surface area contributed by atoms with Gasteiger partial charge in [0.2, 0.25) is 0 Å². The normalized spacial score (nSPS) is 11.3. The third-order valence-corrected chi connectivity index (χ3v) is 3.55. The summed E-state index contributed by atoms with van der Waals surface area (Å²) in [7, 11) is 4.08. The summed E-state index contributed by atoms with van der Waals surface area (Å²) in [5.74, 6) is 0. The zero-order valence-corrected chi connectivity index (χ0v) is 11.0. The number of rotatable bonds is 2. The number of hydrogen-bond donors (Lipinski definition) is 0. The Kier molecular flexibility index (Phi) is 2.47. The van der Waals surface area contributed by atoms with E-state index in [1.54, 1.807) is 0 Å². The Balaban J connectivity index is 2.18. The van der Waals surface area contributed by atoms with Gasteiger partial charge in [-0.05, 0) is 29.5 Å². The number of aryl methyl sites for hydroxylation is 3. The SMILES string of the molecule is CCc1cc2ccc(-c3cnn(C)c3)cc2n1C. The summed E-state index contributed by atoms with van der Waals surface area (Å²) in [5, 5.41) is 5.53. The van der Waals surface area contributed by atoms with Crippen LogP contribution in [-0.2, 0) is 20.5 Å². The molecule has 0 spiro atoms. The number of nitrogens with zero attached hydrogens (tertiary/aromatic N) is 3. The molecule has 3 aromatic rings. The summed E-state index contributed by atoms with van der Waals surface area (Å²) in [4.78, 5) is 0. The highest BCUT2D eigenvalue weighted by Gasteiger charge is 2.07. The van der Waals surface area contributed by atoms with Crippen molar-refractivity contribution in [2.24, 2.45) is 14.1 Å². The summed E-state index contributed by atoms with van der Waals surface area (Å²) >= 11 is 0. The number of benzene rings is 1. The predicted octanol–water partition coefficient (Wildman–Crippen LogP) is 3.14. The van der Waals surface area contributed by atoms with Crippen LogP contribution >= 0.6 is 0 Å². The zero-order chi connectivity index (χ0) is 12.7. The van der Waals surface area contributed by atoms with Crippen LogP contribution in [0.1, 0.15) is 12.6 Å². The molecule has 0 saturated heterocycles. The summed E-state index contributed by atoms with van der Waals surface area (Å²) in [6.07, 6.45) is 5.02. The first-order chi connectivity index (χ1) is 8.69. The molecule has 0 saturated carbocycles. The highest BCUT2D eigenvalue weighted by Crippen LogP contribution is 2.26. The Morgan fingerprint density at radius 2 is 1.94 bits per heavy atom. The van der Waals surface area contributed by atoms with Gasteiger partial charge in [0.05, 0.1) is 6.20 Å². The molecular formula is C15H17N3. The number of aromatic nitrogens is 3. The first-order valence-corrected chi connectivity index (χ1v) is 6.26. The minimum absolute atomic E-state index is 1.06. The zero-order valence-electron chi connectivity index (χ0n) is 11.0. The molecule has 2 aromatic heterocycles. The van der Waals surface area contributed by atoms with Crippen LogP contribution in [0, 0.1) is 0 Å². The molecule has 2 heterocycles. The van der Waals surface area contributed by atoms with Crippen LogP contribution in [0.2, 0.25) is 0 Å². The van der Waals surface area contributed by atoms with E-state index in [4.69, 9.17) is 0 Å². The average molecular weight is 239 g/mol. The average Bonchev–Trinajstić information content (AvgIpc) is 2.94. The molecule has 92 valence electrons. The van der Waals surface area contributed by atoms with Crippen LogP contribution in [0.3, 0.4) is 0 Å². The fourth-order valence-electron chi connectivity index (χ4n) is 2.48. The van der Waals surface area contributed by atoms with Crippen LogP contribution in [0.15, 0.2) is 36.7 Å². The van der Waals surface area contributed by atoms with E-state index >= 15 is 0 Å². The molecule has 3 rings (SSSR count). The Bertz CT molecular complexity index is 704.